The number of carbonyl (C=O) groups is 1. The molecular weight excluding hydrogens is 166 g/mol. The van der Waals surface area contributed by atoms with Gasteiger partial charge in [0.05, 0.1) is 7.11 Å². The highest BCUT2D eigenvalue weighted by molar-refractivity contribution is 6.07. The van der Waals surface area contributed by atoms with Crippen LogP contribution < -0.4 is 4.74 Å². The highest BCUT2D eigenvalue weighted by Gasteiger charge is 2.06. The number of methoxy groups -OCH3 is 1. The van der Waals surface area contributed by atoms with E-state index in [1.165, 1.54) is 13.3 Å². The van der Waals surface area contributed by atoms with Crippen LogP contribution in [0.1, 0.15) is 17.3 Å². The Hall–Kier alpha value is -1.64. The van der Waals surface area contributed by atoms with E-state index in [1.54, 1.807) is 19.1 Å². The maximum Gasteiger partial charge on any atom is 0.212 e. The normalized spacial score (nSPS) is 9.38. The first-order chi connectivity index (χ1) is 6.15. The van der Waals surface area contributed by atoms with Crippen LogP contribution in [-0.4, -0.2) is 17.9 Å². The Morgan fingerprint density at radius 1 is 1.54 bits per heavy atom. The highest BCUT2D eigenvalue weighted by atomic mass is 16.5. The Balaban J connectivity index is 2.92. The second kappa shape index (κ2) is 3.85. The monoisotopic (exact) mass is 177 g/mol. The van der Waals surface area contributed by atoms with Crippen molar-refractivity contribution in [1.29, 1.82) is 0 Å². The van der Waals surface area contributed by atoms with Gasteiger partial charge in [-0.15, -0.1) is 0 Å². The minimum absolute atomic E-state index is 0.0878. The molecule has 0 amide bonds. The summed E-state index contributed by atoms with van der Waals surface area (Å²) in [6.07, 6.45) is 1.48. The molecule has 0 aromatic carbocycles. The maximum atomic E-state index is 11.4. The van der Waals surface area contributed by atoms with Crippen LogP contribution in [0.5, 0.6) is 5.88 Å². The second-order valence-corrected chi connectivity index (χ2v) is 2.70. The summed E-state index contributed by atoms with van der Waals surface area (Å²) in [7, 11) is 1.53. The van der Waals surface area contributed by atoms with Crippen molar-refractivity contribution in [1.82, 2.24) is 4.98 Å². The summed E-state index contributed by atoms with van der Waals surface area (Å²) in [5.74, 6) is 0.411. The molecule has 1 aromatic rings. The minimum Gasteiger partial charge on any atom is -0.481 e. The van der Waals surface area contributed by atoms with Crippen molar-refractivity contribution in [2.75, 3.05) is 7.11 Å². The van der Waals surface area contributed by atoms with Crippen LogP contribution in [0.4, 0.5) is 0 Å². The van der Waals surface area contributed by atoms with Gasteiger partial charge in [0.2, 0.25) is 5.88 Å². The lowest BCUT2D eigenvalue weighted by Gasteiger charge is -2.00. The lowest BCUT2D eigenvalue weighted by atomic mass is 10.1. The molecule has 0 aliphatic rings. The van der Waals surface area contributed by atoms with E-state index >= 15 is 0 Å². The van der Waals surface area contributed by atoms with E-state index < -0.39 is 0 Å². The molecule has 68 valence electrons. The molecule has 0 spiro atoms. The van der Waals surface area contributed by atoms with Crippen LogP contribution in [0.2, 0.25) is 0 Å². The van der Waals surface area contributed by atoms with Gasteiger partial charge in [0, 0.05) is 17.8 Å². The molecule has 1 aromatic heterocycles. The van der Waals surface area contributed by atoms with Gasteiger partial charge in [-0.1, -0.05) is 6.58 Å². The molecule has 0 saturated carbocycles. The van der Waals surface area contributed by atoms with Gasteiger partial charge in [-0.2, -0.15) is 0 Å². The molecule has 1 heterocycles. The van der Waals surface area contributed by atoms with Gasteiger partial charge in [-0.25, -0.2) is 4.98 Å². The number of hydrogen-bond acceptors (Lipinski definition) is 3. The zero-order valence-electron chi connectivity index (χ0n) is 7.70. The van der Waals surface area contributed by atoms with Crippen LogP contribution in [0, 0.1) is 0 Å². The van der Waals surface area contributed by atoms with Crippen LogP contribution >= 0.6 is 0 Å². The van der Waals surface area contributed by atoms with Crippen molar-refractivity contribution in [3.05, 3.63) is 36.0 Å². The molecular formula is C10H11NO2. The number of pyridine rings is 1. The van der Waals surface area contributed by atoms with Crippen molar-refractivity contribution >= 4 is 5.78 Å². The van der Waals surface area contributed by atoms with Crippen molar-refractivity contribution in [3.8, 4) is 5.88 Å². The van der Waals surface area contributed by atoms with Gasteiger partial charge in [0.1, 0.15) is 0 Å². The second-order valence-electron chi connectivity index (χ2n) is 2.70. The number of ether oxygens (including phenoxy) is 1. The number of ketones is 1. The third-order valence-corrected chi connectivity index (χ3v) is 1.60. The van der Waals surface area contributed by atoms with Crippen LogP contribution in [0.15, 0.2) is 30.5 Å². The number of rotatable bonds is 3. The average molecular weight is 177 g/mol. The first kappa shape index (κ1) is 9.45. The van der Waals surface area contributed by atoms with Crippen LogP contribution in [0.3, 0.4) is 0 Å². The third kappa shape index (κ3) is 2.15. The Morgan fingerprint density at radius 2 is 2.23 bits per heavy atom. The van der Waals surface area contributed by atoms with Gasteiger partial charge in [0.15, 0.2) is 5.78 Å². The quantitative estimate of drug-likeness (QED) is 0.522. The molecule has 3 heteroatoms. The smallest absolute Gasteiger partial charge is 0.212 e. The number of carbonyl (C=O) groups excluding carboxylic acids is 1. The van der Waals surface area contributed by atoms with Crippen molar-refractivity contribution in [3.63, 3.8) is 0 Å². The lowest BCUT2D eigenvalue weighted by Crippen LogP contribution is -2.00. The predicted octanol–water partition coefficient (Wildman–Crippen LogP) is 1.85. The summed E-state index contributed by atoms with van der Waals surface area (Å²) in [5, 5.41) is 0. The fourth-order valence-electron chi connectivity index (χ4n) is 0.882. The molecule has 13 heavy (non-hydrogen) atoms. The zero-order chi connectivity index (χ0) is 9.84. The summed E-state index contributed by atoms with van der Waals surface area (Å²) in [5.41, 5.74) is 1.04. The van der Waals surface area contributed by atoms with Crippen molar-refractivity contribution in [2.45, 2.75) is 6.92 Å². The van der Waals surface area contributed by atoms with Gasteiger partial charge in [-0.05, 0) is 18.6 Å². The van der Waals surface area contributed by atoms with Crippen LogP contribution in [-0.2, 0) is 0 Å². The molecule has 3 nitrogen and oxygen atoms in total. The van der Waals surface area contributed by atoms with Gasteiger partial charge in [-0.3, -0.25) is 4.79 Å². The number of nitrogens with zero attached hydrogens (tertiary/aromatic N) is 1. The molecule has 0 atom stereocenters. The number of aromatic nitrogens is 1. The number of allylic oxidation sites excluding steroid dienone is 1. The number of Topliss-reactive ketones (excluding diaryl/α,β-unsaturated/α-hetero) is 1. The largest absolute Gasteiger partial charge is 0.481 e. The lowest BCUT2D eigenvalue weighted by molar-refractivity contribution is 0.103. The maximum absolute atomic E-state index is 11.4. The Bertz CT molecular complexity index is 327. The first-order valence-electron chi connectivity index (χ1n) is 3.85. The molecule has 1 rings (SSSR count). The fourth-order valence-corrected chi connectivity index (χ4v) is 0.882. The Morgan fingerprint density at radius 3 is 2.62 bits per heavy atom. The van der Waals surface area contributed by atoms with E-state index in [1.807, 2.05) is 0 Å². The van der Waals surface area contributed by atoms with E-state index in [2.05, 4.69) is 11.6 Å². The van der Waals surface area contributed by atoms with E-state index in [0.29, 0.717) is 17.0 Å². The van der Waals surface area contributed by atoms with E-state index in [9.17, 15) is 4.79 Å². The fraction of sp³-hybridized carbons (Fsp3) is 0.200. The van der Waals surface area contributed by atoms with Gasteiger partial charge in [0.25, 0.3) is 0 Å². The summed E-state index contributed by atoms with van der Waals surface area (Å²) < 4.78 is 4.86. The van der Waals surface area contributed by atoms with E-state index in [0.717, 1.165) is 0 Å². The molecule has 0 N–H and O–H groups in total. The molecule has 0 radical (unpaired) electrons. The standard InChI is InChI=1S/C10H11NO2/c1-7(2)10(12)8-4-5-9(13-3)11-6-8/h4-6H,1H2,2-3H3. The van der Waals surface area contributed by atoms with Gasteiger partial charge >= 0.3 is 0 Å². The van der Waals surface area contributed by atoms with Crippen molar-refractivity contribution in [2.24, 2.45) is 0 Å². The Labute approximate surface area is 77.1 Å². The summed E-state index contributed by atoms with van der Waals surface area (Å²) in [4.78, 5) is 15.3. The summed E-state index contributed by atoms with van der Waals surface area (Å²) in [6.45, 7) is 5.24. The third-order valence-electron chi connectivity index (χ3n) is 1.60. The SMILES string of the molecule is C=C(C)C(=O)c1ccc(OC)nc1. The topological polar surface area (TPSA) is 39.2 Å². The van der Waals surface area contributed by atoms with Crippen molar-refractivity contribution < 1.29 is 9.53 Å². The molecule has 0 unspecified atom stereocenters. The Kier molecular flexibility index (Phi) is 2.80. The molecule has 0 bridgehead atoms. The van der Waals surface area contributed by atoms with E-state index in [-0.39, 0.29) is 5.78 Å². The average Bonchev–Trinajstić information content (AvgIpc) is 2.17. The molecule has 0 fully saturated rings. The highest BCUT2D eigenvalue weighted by Crippen LogP contribution is 2.09. The number of hydrogen-bond donors (Lipinski definition) is 0. The zero-order valence-corrected chi connectivity index (χ0v) is 7.70. The summed E-state index contributed by atoms with van der Waals surface area (Å²) in [6, 6.07) is 3.32. The minimum atomic E-state index is -0.0878. The molecule has 0 aliphatic carbocycles. The predicted molar refractivity (Wildman–Crippen MR) is 49.9 cm³/mol. The van der Waals surface area contributed by atoms with Crippen LogP contribution in [0.25, 0.3) is 0 Å². The molecule has 0 aliphatic heterocycles. The molecule has 0 saturated heterocycles. The summed E-state index contributed by atoms with van der Waals surface area (Å²) >= 11 is 0. The first-order valence-corrected chi connectivity index (χ1v) is 3.85. The van der Waals surface area contributed by atoms with E-state index in [4.69, 9.17) is 4.74 Å². The van der Waals surface area contributed by atoms with Gasteiger partial charge < -0.3 is 4.74 Å².